The predicted octanol–water partition coefficient (Wildman–Crippen LogP) is 1.86. The topological polar surface area (TPSA) is 65.2 Å². The van der Waals surface area contributed by atoms with Crippen molar-refractivity contribution in [2.24, 2.45) is 5.73 Å². The molecule has 2 aromatic rings. The minimum atomic E-state index is -0.471. The summed E-state index contributed by atoms with van der Waals surface area (Å²) >= 11 is 0. The summed E-state index contributed by atoms with van der Waals surface area (Å²) in [5.74, 6) is 0.135. The van der Waals surface area contributed by atoms with E-state index in [1.807, 2.05) is 12.1 Å². The highest BCUT2D eigenvalue weighted by Gasteiger charge is 2.09. The average molecular weight is 228 g/mol. The van der Waals surface area contributed by atoms with E-state index in [0.717, 1.165) is 11.1 Å². The summed E-state index contributed by atoms with van der Waals surface area (Å²) in [6.07, 6.45) is 3.44. The van der Waals surface area contributed by atoms with Gasteiger partial charge in [-0.3, -0.25) is 9.78 Å². The lowest BCUT2D eigenvalue weighted by Gasteiger charge is -2.09. The molecule has 0 bridgehead atoms. The zero-order valence-electron chi connectivity index (χ0n) is 9.38. The number of nitrogens with zero attached hydrogens (tertiary/aromatic N) is 1. The van der Waals surface area contributed by atoms with Crippen LogP contribution >= 0.6 is 0 Å². The van der Waals surface area contributed by atoms with Gasteiger partial charge in [0, 0.05) is 29.1 Å². The second-order valence-electron chi connectivity index (χ2n) is 3.52. The number of primary amides is 1. The standard InChI is InChI=1S/C13H12N2O2/c1-17-12-7-9(13(14)16)4-5-11(12)10-3-2-6-15-8-10/h2-8H,1H3,(H2,14,16). The number of carbonyl (C=O) groups excluding carboxylic acids is 1. The summed E-state index contributed by atoms with van der Waals surface area (Å²) in [5.41, 5.74) is 7.46. The molecule has 4 nitrogen and oxygen atoms in total. The van der Waals surface area contributed by atoms with Crippen LogP contribution in [0, 0.1) is 0 Å². The number of ether oxygens (including phenoxy) is 1. The Hall–Kier alpha value is -2.36. The number of benzene rings is 1. The summed E-state index contributed by atoms with van der Waals surface area (Å²) in [5, 5.41) is 0. The normalized spacial score (nSPS) is 9.94. The van der Waals surface area contributed by atoms with E-state index in [1.54, 1.807) is 37.7 Å². The molecular weight excluding hydrogens is 216 g/mol. The molecule has 0 aliphatic rings. The molecule has 0 atom stereocenters. The minimum Gasteiger partial charge on any atom is -0.496 e. The van der Waals surface area contributed by atoms with Crippen LogP contribution in [0.25, 0.3) is 11.1 Å². The van der Waals surface area contributed by atoms with Crippen molar-refractivity contribution >= 4 is 5.91 Å². The van der Waals surface area contributed by atoms with Crippen molar-refractivity contribution < 1.29 is 9.53 Å². The number of methoxy groups -OCH3 is 1. The van der Waals surface area contributed by atoms with Crippen molar-refractivity contribution in [3.8, 4) is 16.9 Å². The third-order valence-electron chi connectivity index (χ3n) is 2.46. The van der Waals surface area contributed by atoms with E-state index in [1.165, 1.54) is 0 Å². The second kappa shape index (κ2) is 4.65. The Morgan fingerprint density at radius 1 is 1.35 bits per heavy atom. The Balaban J connectivity index is 2.52. The van der Waals surface area contributed by atoms with E-state index >= 15 is 0 Å². The van der Waals surface area contributed by atoms with Crippen molar-refractivity contribution in [2.45, 2.75) is 0 Å². The van der Waals surface area contributed by atoms with Crippen molar-refractivity contribution in [3.05, 3.63) is 48.3 Å². The summed E-state index contributed by atoms with van der Waals surface area (Å²) in [7, 11) is 1.56. The Kier molecular flexibility index (Phi) is 3.05. The van der Waals surface area contributed by atoms with Gasteiger partial charge in [-0.2, -0.15) is 0 Å². The number of aromatic nitrogens is 1. The Labute approximate surface area is 99.1 Å². The van der Waals surface area contributed by atoms with E-state index in [4.69, 9.17) is 10.5 Å². The maximum Gasteiger partial charge on any atom is 0.248 e. The molecule has 4 heteroatoms. The first kappa shape index (κ1) is 11.1. The third-order valence-corrected chi connectivity index (χ3v) is 2.46. The Bertz CT molecular complexity index is 538. The third kappa shape index (κ3) is 2.25. The van der Waals surface area contributed by atoms with Gasteiger partial charge in [-0.05, 0) is 24.3 Å². The van der Waals surface area contributed by atoms with Gasteiger partial charge in [-0.1, -0.05) is 6.07 Å². The zero-order chi connectivity index (χ0) is 12.3. The van der Waals surface area contributed by atoms with Gasteiger partial charge in [0.25, 0.3) is 0 Å². The Morgan fingerprint density at radius 2 is 2.18 bits per heavy atom. The molecule has 1 heterocycles. The van der Waals surface area contributed by atoms with E-state index in [2.05, 4.69) is 4.98 Å². The quantitative estimate of drug-likeness (QED) is 0.871. The summed E-state index contributed by atoms with van der Waals surface area (Å²) in [6.45, 7) is 0. The monoisotopic (exact) mass is 228 g/mol. The molecule has 2 rings (SSSR count). The van der Waals surface area contributed by atoms with Crippen molar-refractivity contribution in [1.29, 1.82) is 0 Å². The molecule has 1 aromatic carbocycles. The Morgan fingerprint density at radius 3 is 2.76 bits per heavy atom. The fraction of sp³-hybridized carbons (Fsp3) is 0.0769. The highest BCUT2D eigenvalue weighted by molar-refractivity contribution is 5.94. The molecular formula is C13H12N2O2. The first-order valence-corrected chi connectivity index (χ1v) is 5.10. The van der Waals surface area contributed by atoms with Crippen LogP contribution in [0.15, 0.2) is 42.7 Å². The maximum atomic E-state index is 11.1. The van der Waals surface area contributed by atoms with Crippen LogP contribution in [0.5, 0.6) is 5.75 Å². The van der Waals surface area contributed by atoms with E-state index in [-0.39, 0.29) is 0 Å². The molecule has 2 N–H and O–H groups in total. The number of rotatable bonds is 3. The van der Waals surface area contributed by atoms with Crippen LogP contribution in [0.3, 0.4) is 0 Å². The molecule has 0 unspecified atom stereocenters. The first-order chi connectivity index (χ1) is 8.22. The van der Waals surface area contributed by atoms with Gasteiger partial charge >= 0.3 is 0 Å². The number of pyridine rings is 1. The highest BCUT2D eigenvalue weighted by atomic mass is 16.5. The van der Waals surface area contributed by atoms with E-state index < -0.39 is 5.91 Å². The van der Waals surface area contributed by atoms with Crippen LogP contribution in [0.4, 0.5) is 0 Å². The van der Waals surface area contributed by atoms with Gasteiger partial charge < -0.3 is 10.5 Å². The van der Waals surface area contributed by atoms with Crippen molar-refractivity contribution in [2.75, 3.05) is 7.11 Å². The van der Waals surface area contributed by atoms with Crippen LogP contribution in [0.1, 0.15) is 10.4 Å². The number of hydrogen-bond acceptors (Lipinski definition) is 3. The summed E-state index contributed by atoms with van der Waals surface area (Å²) in [6, 6.07) is 8.87. The zero-order valence-corrected chi connectivity index (χ0v) is 9.38. The molecule has 0 saturated carbocycles. The average Bonchev–Trinajstić information content (AvgIpc) is 2.39. The maximum absolute atomic E-state index is 11.1. The smallest absolute Gasteiger partial charge is 0.248 e. The molecule has 0 radical (unpaired) electrons. The highest BCUT2D eigenvalue weighted by Crippen LogP contribution is 2.30. The van der Waals surface area contributed by atoms with E-state index in [0.29, 0.717) is 11.3 Å². The van der Waals surface area contributed by atoms with E-state index in [9.17, 15) is 4.79 Å². The number of nitrogens with two attached hydrogens (primary N) is 1. The number of carbonyl (C=O) groups is 1. The fourth-order valence-electron chi connectivity index (χ4n) is 1.61. The lowest BCUT2D eigenvalue weighted by atomic mass is 10.0. The molecule has 1 amide bonds. The molecule has 0 aliphatic carbocycles. The van der Waals surface area contributed by atoms with Gasteiger partial charge in [0.05, 0.1) is 7.11 Å². The van der Waals surface area contributed by atoms with Crippen molar-refractivity contribution in [3.63, 3.8) is 0 Å². The second-order valence-corrected chi connectivity index (χ2v) is 3.52. The molecule has 1 aromatic heterocycles. The lowest BCUT2D eigenvalue weighted by molar-refractivity contribution is 0.1000. The van der Waals surface area contributed by atoms with Crippen LogP contribution in [-0.4, -0.2) is 18.0 Å². The van der Waals surface area contributed by atoms with Crippen LogP contribution in [0.2, 0.25) is 0 Å². The van der Waals surface area contributed by atoms with Crippen LogP contribution in [-0.2, 0) is 0 Å². The molecule has 0 saturated heterocycles. The van der Waals surface area contributed by atoms with Crippen LogP contribution < -0.4 is 10.5 Å². The molecule has 0 fully saturated rings. The summed E-state index contributed by atoms with van der Waals surface area (Å²) in [4.78, 5) is 15.1. The fourth-order valence-corrected chi connectivity index (χ4v) is 1.61. The SMILES string of the molecule is COc1cc(C(N)=O)ccc1-c1cccnc1. The lowest BCUT2D eigenvalue weighted by Crippen LogP contribution is -2.10. The minimum absolute atomic E-state index is 0.425. The molecule has 17 heavy (non-hydrogen) atoms. The van der Waals surface area contributed by atoms with Gasteiger partial charge in [-0.25, -0.2) is 0 Å². The van der Waals surface area contributed by atoms with Crippen molar-refractivity contribution in [1.82, 2.24) is 4.98 Å². The van der Waals surface area contributed by atoms with Gasteiger partial charge in [0.1, 0.15) is 5.75 Å². The van der Waals surface area contributed by atoms with Gasteiger partial charge in [0.2, 0.25) is 5.91 Å². The number of hydrogen-bond donors (Lipinski definition) is 1. The molecule has 0 spiro atoms. The molecule has 0 aliphatic heterocycles. The van der Waals surface area contributed by atoms with Gasteiger partial charge in [-0.15, -0.1) is 0 Å². The number of amides is 1. The molecule has 86 valence electrons. The first-order valence-electron chi connectivity index (χ1n) is 5.10. The van der Waals surface area contributed by atoms with Gasteiger partial charge in [0.15, 0.2) is 0 Å². The summed E-state index contributed by atoms with van der Waals surface area (Å²) < 4.78 is 5.26. The predicted molar refractivity (Wildman–Crippen MR) is 64.7 cm³/mol. The largest absolute Gasteiger partial charge is 0.496 e.